The van der Waals surface area contributed by atoms with Crippen LogP contribution >= 0.6 is 0 Å². The van der Waals surface area contributed by atoms with Gasteiger partial charge in [-0.2, -0.15) is 5.10 Å². The highest BCUT2D eigenvalue weighted by atomic mass is 19.4. The van der Waals surface area contributed by atoms with Gasteiger partial charge in [0.05, 0.1) is 23.8 Å². The molecule has 3 aromatic rings. The van der Waals surface area contributed by atoms with Gasteiger partial charge in [-0.25, -0.2) is 0 Å². The van der Waals surface area contributed by atoms with Gasteiger partial charge in [0, 0.05) is 10.9 Å². The number of nitrogens with zero attached hydrogens (tertiary/aromatic N) is 2. The molecule has 8 heteroatoms. The van der Waals surface area contributed by atoms with Crippen molar-refractivity contribution in [3.63, 3.8) is 0 Å². The van der Waals surface area contributed by atoms with E-state index in [1.165, 1.54) is 12.1 Å². The van der Waals surface area contributed by atoms with Crippen LogP contribution in [0.15, 0.2) is 48.7 Å². The standard InChI is InChI=1S/C23H22F3N3O2/c1-2-21-12-22(13-21,14-21)28-20(30)18-5-3-4-16-10-27-29(19(16)18)11-15-6-8-17(9-7-15)31-23(24,25)26/h3-10H,2,11-14H2,1H3,(H,28,30). The molecule has 0 atom stereocenters. The van der Waals surface area contributed by atoms with E-state index >= 15 is 0 Å². The van der Waals surface area contributed by atoms with Crippen molar-refractivity contribution in [2.45, 2.75) is 51.1 Å². The molecule has 2 aromatic carbocycles. The van der Waals surface area contributed by atoms with Crippen molar-refractivity contribution in [2.75, 3.05) is 0 Å². The molecule has 0 aliphatic heterocycles. The van der Waals surface area contributed by atoms with Gasteiger partial charge < -0.3 is 10.1 Å². The molecule has 6 rings (SSSR count). The molecule has 162 valence electrons. The van der Waals surface area contributed by atoms with Gasteiger partial charge in [-0.1, -0.05) is 37.6 Å². The Bertz CT molecular complexity index is 1130. The normalized spacial score (nSPS) is 24.4. The number of rotatable bonds is 6. The van der Waals surface area contributed by atoms with Crippen molar-refractivity contribution < 1.29 is 22.7 Å². The van der Waals surface area contributed by atoms with Crippen molar-refractivity contribution >= 4 is 16.8 Å². The summed E-state index contributed by atoms with van der Waals surface area (Å²) in [5.41, 5.74) is 2.39. The highest BCUT2D eigenvalue weighted by molar-refractivity contribution is 6.06. The lowest BCUT2D eigenvalue weighted by Gasteiger charge is -2.70. The first kappa shape index (κ1) is 19.9. The van der Waals surface area contributed by atoms with Gasteiger partial charge in [0.1, 0.15) is 5.75 Å². The highest BCUT2D eigenvalue weighted by Gasteiger charge is 2.67. The van der Waals surface area contributed by atoms with Crippen molar-refractivity contribution in [2.24, 2.45) is 5.41 Å². The molecular formula is C23H22F3N3O2. The van der Waals surface area contributed by atoms with Crippen molar-refractivity contribution in [1.82, 2.24) is 15.1 Å². The number of hydrogen-bond donors (Lipinski definition) is 1. The molecule has 1 heterocycles. The Morgan fingerprint density at radius 2 is 1.87 bits per heavy atom. The lowest BCUT2D eigenvalue weighted by Crippen LogP contribution is -2.74. The summed E-state index contributed by atoms with van der Waals surface area (Å²) in [5, 5.41) is 8.48. The predicted molar refractivity (Wildman–Crippen MR) is 109 cm³/mol. The summed E-state index contributed by atoms with van der Waals surface area (Å²) in [7, 11) is 0. The van der Waals surface area contributed by atoms with Crippen molar-refractivity contribution in [3.8, 4) is 5.75 Å². The molecule has 1 N–H and O–H groups in total. The number of carbonyl (C=O) groups is 1. The smallest absolute Gasteiger partial charge is 0.406 e. The van der Waals surface area contributed by atoms with Gasteiger partial charge in [-0.15, -0.1) is 13.2 Å². The fourth-order valence-electron chi connectivity index (χ4n) is 5.23. The van der Waals surface area contributed by atoms with Crippen LogP contribution in [0.4, 0.5) is 13.2 Å². The molecule has 3 saturated carbocycles. The van der Waals surface area contributed by atoms with Crippen LogP contribution in [0.3, 0.4) is 0 Å². The number of hydrogen-bond acceptors (Lipinski definition) is 3. The summed E-state index contributed by atoms with van der Waals surface area (Å²) >= 11 is 0. The van der Waals surface area contributed by atoms with E-state index in [4.69, 9.17) is 0 Å². The number of nitrogens with one attached hydrogen (secondary N) is 1. The minimum absolute atomic E-state index is 0.0611. The van der Waals surface area contributed by atoms with Gasteiger partial charge in [-0.05, 0) is 48.4 Å². The fourth-order valence-corrected chi connectivity index (χ4v) is 5.23. The molecule has 3 fully saturated rings. The lowest BCUT2D eigenvalue weighted by atomic mass is 9.38. The van der Waals surface area contributed by atoms with E-state index in [0.29, 0.717) is 23.0 Å². The molecule has 0 spiro atoms. The van der Waals surface area contributed by atoms with E-state index in [2.05, 4.69) is 22.1 Å². The second-order valence-corrected chi connectivity index (χ2v) is 8.86. The third-order valence-electron chi connectivity index (χ3n) is 6.66. The number of alkyl halides is 3. The SMILES string of the molecule is CCC12CC(NC(=O)c3cccc4cnn(Cc5ccc(OC(F)(F)F)cc5)c34)(C1)C2. The van der Waals surface area contributed by atoms with Crippen molar-refractivity contribution in [1.29, 1.82) is 0 Å². The molecule has 5 nitrogen and oxygen atoms in total. The first-order valence-electron chi connectivity index (χ1n) is 10.3. The van der Waals surface area contributed by atoms with Crippen LogP contribution in [0.2, 0.25) is 0 Å². The van der Waals surface area contributed by atoms with Gasteiger partial charge in [0.25, 0.3) is 5.91 Å². The van der Waals surface area contributed by atoms with Crippen LogP contribution in [-0.2, 0) is 6.54 Å². The summed E-state index contributed by atoms with van der Waals surface area (Å²) < 4.78 is 42.7. The largest absolute Gasteiger partial charge is 0.573 e. The summed E-state index contributed by atoms with van der Waals surface area (Å²) in [6, 6.07) is 11.2. The lowest BCUT2D eigenvalue weighted by molar-refractivity contribution is -0.274. The number of carbonyl (C=O) groups excluding carboxylic acids is 1. The average molecular weight is 429 g/mol. The Kier molecular flexibility index (Phi) is 4.32. The number of fused-ring (bicyclic) bond motifs is 1. The maximum absolute atomic E-state index is 13.1. The average Bonchev–Trinajstić information content (AvgIpc) is 3.06. The van der Waals surface area contributed by atoms with Crippen LogP contribution in [0.25, 0.3) is 10.9 Å². The Hall–Kier alpha value is -3.03. The van der Waals surface area contributed by atoms with E-state index in [9.17, 15) is 18.0 Å². The summed E-state index contributed by atoms with van der Waals surface area (Å²) in [6.45, 7) is 2.52. The van der Waals surface area contributed by atoms with E-state index < -0.39 is 6.36 Å². The van der Waals surface area contributed by atoms with E-state index in [1.54, 1.807) is 29.1 Å². The summed E-state index contributed by atoms with van der Waals surface area (Å²) in [6.07, 6.45) is 1.26. The third-order valence-corrected chi connectivity index (χ3v) is 6.66. The van der Waals surface area contributed by atoms with E-state index in [0.717, 1.165) is 36.6 Å². The van der Waals surface area contributed by atoms with E-state index in [1.807, 2.05) is 12.1 Å². The fraction of sp³-hybridized carbons (Fsp3) is 0.391. The first-order chi connectivity index (χ1) is 14.7. The number of aromatic nitrogens is 2. The quantitative estimate of drug-likeness (QED) is 0.597. The molecule has 1 amide bonds. The molecule has 31 heavy (non-hydrogen) atoms. The van der Waals surface area contributed by atoms with Crippen LogP contribution in [0, 0.1) is 5.41 Å². The maximum Gasteiger partial charge on any atom is 0.573 e. The predicted octanol–water partition coefficient (Wildman–Crippen LogP) is 5.05. The van der Waals surface area contributed by atoms with Crippen LogP contribution < -0.4 is 10.1 Å². The molecule has 0 radical (unpaired) electrons. The molecule has 0 saturated heterocycles. The molecule has 2 bridgehead atoms. The van der Waals surface area contributed by atoms with Gasteiger partial charge >= 0.3 is 6.36 Å². The molecule has 3 aliphatic rings. The minimum atomic E-state index is -4.72. The van der Waals surface area contributed by atoms with Crippen LogP contribution in [-0.4, -0.2) is 27.6 Å². The molecule has 3 aliphatic carbocycles. The Labute approximate surface area is 177 Å². The summed E-state index contributed by atoms with van der Waals surface area (Å²) in [4.78, 5) is 13.1. The Balaban J connectivity index is 1.36. The monoisotopic (exact) mass is 429 g/mol. The Morgan fingerprint density at radius 1 is 1.16 bits per heavy atom. The number of amides is 1. The maximum atomic E-state index is 13.1. The zero-order valence-corrected chi connectivity index (χ0v) is 17.0. The Morgan fingerprint density at radius 3 is 2.52 bits per heavy atom. The minimum Gasteiger partial charge on any atom is -0.406 e. The second-order valence-electron chi connectivity index (χ2n) is 8.86. The van der Waals surface area contributed by atoms with Gasteiger partial charge in [-0.3, -0.25) is 9.48 Å². The molecular weight excluding hydrogens is 407 g/mol. The highest BCUT2D eigenvalue weighted by Crippen LogP contribution is 2.68. The van der Waals surface area contributed by atoms with Gasteiger partial charge in [0.15, 0.2) is 0 Å². The third kappa shape index (κ3) is 3.54. The van der Waals surface area contributed by atoms with Gasteiger partial charge in [0.2, 0.25) is 0 Å². The second kappa shape index (κ2) is 6.73. The first-order valence-corrected chi connectivity index (χ1v) is 10.3. The van der Waals surface area contributed by atoms with E-state index in [-0.39, 0.29) is 17.2 Å². The zero-order chi connectivity index (χ0) is 21.9. The number of ether oxygens (including phenoxy) is 1. The van der Waals surface area contributed by atoms with Crippen LogP contribution in [0.1, 0.15) is 48.5 Å². The number of halogens is 3. The number of para-hydroxylation sites is 1. The molecule has 1 aromatic heterocycles. The van der Waals surface area contributed by atoms with Crippen LogP contribution in [0.5, 0.6) is 5.75 Å². The number of benzene rings is 2. The molecule has 0 unspecified atom stereocenters. The van der Waals surface area contributed by atoms with Crippen molar-refractivity contribution in [3.05, 3.63) is 59.8 Å². The zero-order valence-electron chi connectivity index (χ0n) is 17.0. The topological polar surface area (TPSA) is 56.2 Å². The summed E-state index contributed by atoms with van der Waals surface area (Å²) in [5.74, 6) is -0.379.